The second-order valence-corrected chi connectivity index (χ2v) is 5.80. The summed E-state index contributed by atoms with van der Waals surface area (Å²) in [7, 11) is 1.30. The van der Waals surface area contributed by atoms with Crippen molar-refractivity contribution in [2.45, 2.75) is 0 Å². The Balaban J connectivity index is 1.89. The lowest BCUT2D eigenvalue weighted by Gasteiger charge is -2.23. The van der Waals surface area contributed by atoms with Gasteiger partial charge in [0.1, 0.15) is 5.41 Å². The summed E-state index contributed by atoms with van der Waals surface area (Å²) in [5.74, 6) is -2.14. The monoisotopic (exact) mass is 308 g/mol. The van der Waals surface area contributed by atoms with Gasteiger partial charge in [0.2, 0.25) is 0 Å². The number of hydrogen-bond acceptors (Lipinski definition) is 4. The van der Waals surface area contributed by atoms with Crippen LogP contribution >= 0.6 is 0 Å². The van der Waals surface area contributed by atoms with Crippen LogP contribution in [0.25, 0.3) is 0 Å². The first-order chi connectivity index (χ1) is 10.5. The normalized spacial score (nSPS) is 26.8. The zero-order chi connectivity index (χ0) is 15.9. The second-order valence-electron chi connectivity index (χ2n) is 5.80. The summed E-state index contributed by atoms with van der Waals surface area (Å²) < 4.78 is 18.7. The molecule has 2 fully saturated rings. The van der Waals surface area contributed by atoms with Crippen molar-refractivity contribution in [1.82, 2.24) is 10.2 Å². The Morgan fingerprint density at radius 1 is 1.50 bits per heavy atom. The summed E-state index contributed by atoms with van der Waals surface area (Å²) in [6, 6.07) is 4.15. The maximum Gasteiger partial charge on any atom is 0.313 e. The molecule has 0 saturated carbocycles. The van der Waals surface area contributed by atoms with Crippen molar-refractivity contribution in [3.8, 4) is 5.75 Å². The molecule has 0 bridgehead atoms. The third-order valence-corrected chi connectivity index (χ3v) is 4.64. The standard InChI is InChI=1S/C15H17FN2O4/c1-22-12-10(3-2-4-11(12)16)13(19)18-6-9-5-17-7-15(9,8-18)14(20)21/h2-4,9,17H,5-8H2,1H3,(H,20,21)/t9-,15-/m0/s1. The summed E-state index contributed by atoms with van der Waals surface area (Å²) in [5, 5.41) is 12.6. The molecule has 0 radical (unpaired) electrons. The van der Waals surface area contributed by atoms with Crippen LogP contribution in [0.4, 0.5) is 4.39 Å². The predicted octanol–water partition coefficient (Wildman–Crippen LogP) is 0.581. The van der Waals surface area contributed by atoms with Gasteiger partial charge in [0.25, 0.3) is 5.91 Å². The average Bonchev–Trinajstić information content (AvgIpc) is 3.04. The Hall–Kier alpha value is -2.15. The van der Waals surface area contributed by atoms with E-state index in [4.69, 9.17) is 4.74 Å². The number of nitrogens with one attached hydrogen (secondary N) is 1. The zero-order valence-corrected chi connectivity index (χ0v) is 12.1. The van der Waals surface area contributed by atoms with Crippen molar-refractivity contribution in [3.05, 3.63) is 29.6 Å². The molecule has 0 spiro atoms. The Labute approximate surface area is 126 Å². The number of halogens is 1. The Bertz CT molecular complexity index is 636. The molecular weight excluding hydrogens is 291 g/mol. The number of carbonyl (C=O) groups excluding carboxylic acids is 1. The highest BCUT2D eigenvalue weighted by Gasteiger charge is 2.56. The molecule has 2 N–H and O–H groups in total. The lowest BCUT2D eigenvalue weighted by molar-refractivity contribution is -0.148. The molecule has 1 amide bonds. The fraction of sp³-hybridized carbons (Fsp3) is 0.467. The number of hydrogen-bond donors (Lipinski definition) is 2. The molecular formula is C15H17FN2O4. The first kappa shape index (κ1) is 14.8. The van der Waals surface area contributed by atoms with Gasteiger partial charge in [-0.05, 0) is 12.1 Å². The van der Waals surface area contributed by atoms with Crippen molar-refractivity contribution in [2.75, 3.05) is 33.3 Å². The van der Waals surface area contributed by atoms with Crippen LogP contribution in [0.2, 0.25) is 0 Å². The van der Waals surface area contributed by atoms with Gasteiger partial charge in [0.15, 0.2) is 11.6 Å². The van der Waals surface area contributed by atoms with Crippen LogP contribution in [0.1, 0.15) is 10.4 Å². The van der Waals surface area contributed by atoms with E-state index in [0.29, 0.717) is 19.6 Å². The molecule has 2 atom stereocenters. The zero-order valence-electron chi connectivity index (χ0n) is 12.1. The van der Waals surface area contributed by atoms with E-state index in [9.17, 15) is 19.1 Å². The molecule has 1 aromatic rings. The number of fused-ring (bicyclic) bond motifs is 1. The van der Waals surface area contributed by atoms with Gasteiger partial charge in [-0.15, -0.1) is 0 Å². The molecule has 2 heterocycles. The molecule has 2 aliphatic heterocycles. The minimum absolute atomic E-state index is 0.105. The number of ether oxygens (including phenoxy) is 1. The summed E-state index contributed by atoms with van der Waals surface area (Å²) in [6.07, 6.45) is 0. The van der Waals surface area contributed by atoms with Crippen LogP contribution in [0.15, 0.2) is 18.2 Å². The summed E-state index contributed by atoms with van der Waals surface area (Å²) in [6.45, 7) is 1.38. The number of methoxy groups -OCH3 is 1. The number of nitrogens with zero attached hydrogens (tertiary/aromatic N) is 1. The van der Waals surface area contributed by atoms with Crippen LogP contribution in [0, 0.1) is 17.2 Å². The van der Waals surface area contributed by atoms with E-state index in [2.05, 4.69) is 5.32 Å². The minimum atomic E-state index is -0.948. The van der Waals surface area contributed by atoms with Gasteiger partial charge in [-0.25, -0.2) is 4.39 Å². The smallest absolute Gasteiger partial charge is 0.313 e. The van der Waals surface area contributed by atoms with E-state index < -0.39 is 23.1 Å². The number of aliphatic carboxylic acids is 1. The maximum atomic E-state index is 13.7. The van der Waals surface area contributed by atoms with Gasteiger partial charge in [-0.3, -0.25) is 9.59 Å². The van der Waals surface area contributed by atoms with Crippen molar-refractivity contribution < 1.29 is 23.8 Å². The van der Waals surface area contributed by atoms with E-state index in [1.54, 1.807) is 0 Å². The largest absolute Gasteiger partial charge is 0.493 e. The number of rotatable bonds is 3. The average molecular weight is 308 g/mol. The number of para-hydroxylation sites is 1. The van der Waals surface area contributed by atoms with Gasteiger partial charge in [0.05, 0.1) is 12.7 Å². The summed E-state index contributed by atoms with van der Waals surface area (Å²) in [5.41, 5.74) is -0.827. The minimum Gasteiger partial charge on any atom is -0.493 e. The molecule has 22 heavy (non-hydrogen) atoms. The van der Waals surface area contributed by atoms with E-state index in [-0.39, 0.29) is 23.8 Å². The SMILES string of the molecule is COc1c(F)cccc1C(=O)N1C[C@@H]2CNC[C@]2(C(=O)O)C1. The van der Waals surface area contributed by atoms with E-state index in [0.717, 1.165) is 0 Å². The quantitative estimate of drug-likeness (QED) is 0.854. The van der Waals surface area contributed by atoms with Crippen LogP contribution in [0.5, 0.6) is 5.75 Å². The fourth-order valence-corrected chi connectivity index (χ4v) is 3.43. The summed E-state index contributed by atoms with van der Waals surface area (Å²) >= 11 is 0. The summed E-state index contributed by atoms with van der Waals surface area (Å²) in [4.78, 5) is 25.7. The molecule has 3 rings (SSSR count). The van der Waals surface area contributed by atoms with Gasteiger partial charge < -0.3 is 20.1 Å². The highest BCUT2D eigenvalue weighted by molar-refractivity contribution is 5.97. The lowest BCUT2D eigenvalue weighted by Crippen LogP contribution is -2.41. The molecule has 7 heteroatoms. The lowest BCUT2D eigenvalue weighted by atomic mass is 9.81. The number of likely N-dealkylation sites (tertiary alicyclic amines) is 1. The van der Waals surface area contributed by atoms with Crippen molar-refractivity contribution in [1.29, 1.82) is 0 Å². The van der Waals surface area contributed by atoms with Crippen LogP contribution in [-0.2, 0) is 4.79 Å². The number of carboxylic acids is 1. The van der Waals surface area contributed by atoms with Gasteiger partial charge in [-0.1, -0.05) is 6.07 Å². The van der Waals surface area contributed by atoms with E-state index >= 15 is 0 Å². The third-order valence-electron chi connectivity index (χ3n) is 4.64. The first-order valence-corrected chi connectivity index (χ1v) is 7.05. The van der Waals surface area contributed by atoms with E-state index in [1.807, 2.05) is 0 Å². The number of carboxylic acid groups (broad SMARTS) is 1. The molecule has 0 unspecified atom stereocenters. The number of amides is 1. The van der Waals surface area contributed by atoms with Crippen LogP contribution in [-0.4, -0.2) is 55.2 Å². The maximum absolute atomic E-state index is 13.7. The molecule has 2 aliphatic rings. The van der Waals surface area contributed by atoms with Crippen LogP contribution in [0.3, 0.4) is 0 Å². The fourth-order valence-electron chi connectivity index (χ4n) is 3.43. The molecule has 118 valence electrons. The van der Waals surface area contributed by atoms with Gasteiger partial charge >= 0.3 is 5.97 Å². The van der Waals surface area contributed by atoms with E-state index in [1.165, 1.54) is 30.2 Å². The topological polar surface area (TPSA) is 78.9 Å². The van der Waals surface area contributed by atoms with Crippen molar-refractivity contribution >= 4 is 11.9 Å². The Morgan fingerprint density at radius 3 is 2.91 bits per heavy atom. The number of benzene rings is 1. The third kappa shape index (κ3) is 2.04. The van der Waals surface area contributed by atoms with Crippen molar-refractivity contribution in [2.24, 2.45) is 11.3 Å². The van der Waals surface area contributed by atoms with Gasteiger partial charge in [0, 0.05) is 32.1 Å². The highest BCUT2D eigenvalue weighted by atomic mass is 19.1. The highest BCUT2D eigenvalue weighted by Crippen LogP contribution is 2.40. The van der Waals surface area contributed by atoms with Gasteiger partial charge in [-0.2, -0.15) is 0 Å². The molecule has 2 saturated heterocycles. The molecule has 0 aromatic heterocycles. The molecule has 1 aromatic carbocycles. The second kappa shape index (κ2) is 5.24. The Kier molecular flexibility index (Phi) is 3.52. The molecule has 6 nitrogen and oxygen atoms in total. The predicted molar refractivity (Wildman–Crippen MR) is 75.3 cm³/mol. The first-order valence-electron chi connectivity index (χ1n) is 7.05. The Morgan fingerprint density at radius 2 is 2.27 bits per heavy atom. The van der Waals surface area contributed by atoms with Crippen molar-refractivity contribution in [3.63, 3.8) is 0 Å². The number of carbonyl (C=O) groups is 2. The molecule has 0 aliphatic carbocycles. The van der Waals surface area contributed by atoms with Crippen LogP contribution < -0.4 is 10.1 Å².